The van der Waals surface area contributed by atoms with E-state index in [1.165, 1.54) is 6.07 Å². The summed E-state index contributed by atoms with van der Waals surface area (Å²) in [4.78, 5) is 22.8. The van der Waals surface area contributed by atoms with Gasteiger partial charge in [0, 0.05) is 0 Å². The van der Waals surface area contributed by atoms with Gasteiger partial charge in [0.2, 0.25) is 0 Å². The molecule has 5 heteroatoms. The van der Waals surface area contributed by atoms with Crippen molar-refractivity contribution >= 4 is 17.7 Å². The third-order valence-corrected chi connectivity index (χ3v) is 2.46. The Morgan fingerprint density at radius 3 is 2.58 bits per heavy atom. The number of carbonyl (C=O) groups excluding carboxylic acids is 1. The quantitative estimate of drug-likeness (QED) is 0.728. The van der Waals surface area contributed by atoms with Crippen molar-refractivity contribution in [3.63, 3.8) is 0 Å². The van der Waals surface area contributed by atoms with E-state index < -0.39 is 12.0 Å². The molecule has 3 N–H and O–H groups in total. The van der Waals surface area contributed by atoms with Gasteiger partial charge in [0.05, 0.1) is 17.8 Å². The van der Waals surface area contributed by atoms with Crippen LogP contribution in [0.4, 0.5) is 10.5 Å². The number of hydrogen-bond donors (Lipinski definition) is 3. The van der Waals surface area contributed by atoms with Crippen molar-refractivity contribution in [1.29, 1.82) is 0 Å². The van der Waals surface area contributed by atoms with Crippen LogP contribution in [0, 0.1) is 25.7 Å². The van der Waals surface area contributed by atoms with Gasteiger partial charge in [0.25, 0.3) is 0 Å². The monoisotopic (exact) mass is 260 g/mol. The zero-order chi connectivity index (χ0) is 14.4. The molecule has 0 aliphatic rings. The van der Waals surface area contributed by atoms with Crippen LogP contribution in [0.15, 0.2) is 12.1 Å². The molecule has 1 aromatic rings. The number of urea groups is 1. The number of aryl methyl sites for hydroxylation is 2. The summed E-state index contributed by atoms with van der Waals surface area (Å²) in [5.74, 6) is 4.26. The smallest absolute Gasteiger partial charge is 0.337 e. The molecule has 0 aliphatic heterocycles. The summed E-state index contributed by atoms with van der Waals surface area (Å²) in [5.41, 5.74) is 1.92. The molecule has 2 amide bonds. The van der Waals surface area contributed by atoms with E-state index >= 15 is 0 Å². The van der Waals surface area contributed by atoms with Crippen molar-refractivity contribution in [2.45, 2.75) is 20.8 Å². The SMILES string of the molecule is CC#CCNC(=O)Nc1c(C)cc(C)cc1C(=O)O. The second-order valence-corrected chi connectivity index (χ2v) is 4.04. The van der Waals surface area contributed by atoms with E-state index in [1.807, 2.05) is 6.07 Å². The maximum Gasteiger partial charge on any atom is 0.337 e. The molecule has 0 radical (unpaired) electrons. The number of rotatable bonds is 3. The zero-order valence-electron chi connectivity index (χ0n) is 11.1. The fraction of sp³-hybridized carbons (Fsp3) is 0.286. The summed E-state index contributed by atoms with van der Waals surface area (Å²) < 4.78 is 0. The minimum atomic E-state index is -1.07. The number of benzene rings is 1. The topological polar surface area (TPSA) is 78.4 Å². The van der Waals surface area contributed by atoms with E-state index in [4.69, 9.17) is 5.11 Å². The minimum Gasteiger partial charge on any atom is -0.478 e. The molecule has 1 aromatic carbocycles. The van der Waals surface area contributed by atoms with Gasteiger partial charge in [-0.25, -0.2) is 9.59 Å². The molecule has 0 aliphatic carbocycles. The van der Waals surface area contributed by atoms with E-state index in [1.54, 1.807) is 20.8 Å². The number of carboxylic acids is 1. The van der Waals surface area contributed by atoms with Crippen LogP contribution in [0.3, 0.4) is 0 Å². The molecular weight excluding hydrogens is 244 g/mol. The second-order valence-electron chi connectivity index (χ2n) is 4.04. The average molecular weight is 260 g/mol. The fourth-order valence-corrected chi connectivity index (χ4v) is 1.67. The number of nitrogens with one attached hydrogen (secondary N) is 2. The Kier molecular flexibility index (Phi) is 4.95. The van der Waals surface area contributed by atoms with Gasteiger partial charge in [-0.2, -0.15) is 0 Å². The number of hydrogen-bond acceptors (Lipinski definition) is 2. The van der Waals surface area contributed by atoms with Crippen LogP contribution in [0.1, 0.15) is 28.4 Å². The molecule has 0 saturated heterocycles. The zero-order valence-corrected chi connectivity index (χ0v) is 11.1. The first kappa shape index (κ1) is 14.6. The van der Waals surface area contributed by atoms with Crippen LogP contribution < -0.4 is 10.6 Å². The van der Waals surface area contributed by atoms with E-state index in [0.29, 0.717) is 11.3 Å². The van der Waals surface area contributed by atoms with E-state index in [2.05, 4.69) is 22.5 Å². The molecular formula is C14H16N2O3. The second kappa shape index (κ2) is 6.45. The van der Waals surface area contributed by atoms with E-state index in [-0.39, 0.29) is 12.1 Å². The van der Waals surface area contributed by atoms with Crippen LogP contribution in [-0.4, -0.2) is 23.7 Å². The van der Waals surface area contributed by atoms with Gasteiger partial charge in [-0.3, -0.25) is 0 Å². The summed E-state index contributed by atoms with van der Waals surface area (Å²) in [7, 11) is 0. The van der Waals surface area contributed by atoms with Gasteiger partial charge < -0.3 is 15.7 Å². The number of carboxylic acid groups (broad SMARTS) is 1. The Labute approximate surface area is 112 Å². The average Bonchev–Trinajstić information content (AvgIpc) is 2.32. The largest absolute Gasteiger partial charge is 0.478 e. The third-order valence-electron chi connectivity index (χ3n) is 2.46. The summed E-state index contributed by atoms with van der Waals surface area (Å²) in [6.45, 7) is 5.45. The van der Waals surface area contributed by atoms with Crippen LogP contribution in [0.25, 0.3) is 0 Å². The molecule has 19 heavy (non-hydrogen) atoms. The Morgan fingerprint density at radius 2 is 2.00 bits per heavy atom. The highest BCUT2D eigenvalue weighted by atomic mass is 16.4. The van der Waals surface area contributed by atoms with Crippen molar-refractivity contribution in [3.05, 3.63) is 28.8 Å². The third kappa shape index (κ3) is 4.03. The maximum atomic E-state index is 11.6. The lowest BCUT2D eigenvalue weighted by Gasteiger charge is -2.12. The number of amides is 2. The molecule has 0 atom stereocenters. The number of aromatic carboxylic acids is 1. The summed E-state index contributed by atoms with van der Waals surface area (Å²) in [6.07, 6.45) is 0. The van der Waals surface area contributed by atoms with Gasteiger partial charge in [-0.15, -0.1) is 5.92 Å². The molecule has 5 nitrogen and oxygen atoms in total. The van der Waals surface area contributed by atoms with E-state index in [9.17, 15) is 9.59 Å². The van der Waals surface area contributed by atoms with Crippen molar-refractivity contribution < 1.29 is 14.7 Å². The van der Waals surface area contributed by atoms with Crippen LogP contribution in [0.5, 0.6) is 0 Å². The normalized spacial score (nSPS) is 9.21. The molecule has 0 spiro atoms. The fourth-order valence-electron chi connectivity index (χ4n) is 1.67. The minimum absolute atomic E-state index is 0.0780. The Bertz CT molecular complexity index is 568. The van der Waals surface area contributed by atoms with Gasteiger partial charge in [0.15, 0.2) is 0 Å². The van der Waals surface area contributed by atoms with Crippen molar-refractivity contribution in [2.75, 3.05) is 11.9 Å². The number of anilines is 1. The van der Waals surface area contributed by atoms with Crippen LogP contribution in [-0.2, 0) is 0 Å². The predicted molar refractivity (Wildman–Crippen MR) is 73.3 cm³/mol. The molecule has 0 fully saturated rings. The molecule has 0 unspecified atom stereocenters. The molecule has 0 heterocycles. The summed E-state index contributed by atoms with van der Waals surface area (Å²) >= 11 is 0. The standard InChI is InChI=1S/C14H16N2O3/c1-4-5-6-15-14(19)16-12-10(3)7-9(2)8-11(12)13(17)18/h7-8H,6H2,1-3H3,(H,17,18)(H2,15,16,19). The highest BCUT2D eigenvalue weighted by Crippen LogP contribution is 2.22. The molecule has 0 bridgehead atoms. The Morgan fingerprint density at radius 1 is 1.32 bits per heavy atom. The summed E-state index contributed by atoms with van der Waals surface area (Å²) in [5, 5.41) is 14.2. The lowest BCUT2D eigenvalue weighted by Crippen LogP contribution is -2.30. The number of carbonyl (C=O) groups is 2. The van der Waals surface area contributed by atoms with Gasteiger partial charge in [-0.1, -0.05) is 12.0 Å². The highest BCUT2D eigenvalue weighted by Gasteiger charge is 2.15. The first-order valence-electron chi connectivity index (χ1n) is 5.74. The van der Waals surface area contributed by atoms with Crippen molar-refractivity contribution in [2.24, 2.45) is 0 Å². The first-order chi connectivity index (χ1) is 8.95. The maximum absolute atomic E-state index is 11.6. The summed E-state index contributed by atoms with van der Waals surface area (Å²) in [6, 6.07) is 2.86. The molecule has 0 saturated carbocycles. The molecule has 100 valence electrons. The molecule has 0 aromatic heterocycles. The van der Waals surface area contributed by atoms with Gasteiger partial charge in [-0.05, 0) is 38.0 Å². The first-order valence-corrected chi connectivity index (χ1v) is 5.74. The van der Waals surface area contributed by atoms with Crippen LogP contribution in [0.2, 0.25) is 0 Å². The Balaban J connectivity index is 2.95. The van der Waals surface area contributed by atoms with Gasteiger partial charge >= 0.3 is 12.0 Å². The Hall–Kier alpha value is -2.48. The highest BCUT2D eigenvalue weighted by molar-refractivity contribution is 6.01. The van der Waals surface area contributed by atoms with Crippen molar-refractivity contribution in [3.8, 4) is 11.8 Å². The lowest BCUT2D eigenvalue weighted by molar-refractivity contribution is 0.0698. The van der Waals surface area contributed by atoms with Gasteiger partial charge in [0.1, 0.15) is 0 Å². The van der Waals surface area contributed by atoms with E-state index in [0.717, 1.165) is 5.56 Å². The van der Waals surface area contributed by atoms with Crippen molar-refractivity contribution in [1.82, 2.24) is 5.32 Å². The van der Waals surface area contributed by atoms with Crippen LogP contribution >= 0.6 is 0 Å². The lowest BCUT2D eigenvalue weighted by atomic mass is 10.0. The molecule has 1 rings (SSSR count). The predicted octanol–water partition coefficient (Wildman–Crippen LogP) is 2.15.